The Balaban J connectivity index is 1.76. The molecule has 4 nitrogen and oxygen atoms in total. The van der Waals surface area contributed by atoms with Crippen molar-refractivity contribution in [1.82, 2.24) is 4.90 Å². The number of aliphatic imine (C=N–C) groups is 1. The summed E-state index contributed by atoms with van der Waals surface area (Å²) in [5.74, 6) is -0.579. The second kappa shape index (κ2) is 5.76. The molecule has 2 aliphatic rings. The van der Waals surface area contributed by atoms with Gasteiger partial charge in [-0.2, -0.15) is 4.99 Å². The summed E-state index contributed by atoms with van der Waals surface area (Å²) in [5, 5.41) is 0.709. The summed E-state index contributed by atoms with van der Waals surface area (Å²) in [4.78, 5) is 18.5. The van der Waals surface area contributed by atoms with Gasteiger partial charge in [0.15, 0.2) is 5.17 Å². The summed E-state index contributed by atoms with van der Waals surface area (Å²) < 4.78 is 18.4. The molecule has 6 heteroatoms. The molecule has 2 aliphatic heterocycles. The fourth-order valence-corrected chi connectivity index (χ4v) is 3.00. The van der Waals surface area contributed by atoms with Crippen LogP contribution >= 0.6 is 11.8 Å². The molecule has 0 bridgehead atoms. The van der Waals surface area contributed by atoms with Gasteiger partial charge >= 0.3 is 0 Å². The van der Waals surface area contributed by atoms with E-state index < -0.39 is 0 Å². The lowest BCUT2D eigenvalue weighted by Gasteiger charge is -2.27. The zero-order valence-electron chi connectivity index (χ0n) is 10.7. The lowest BCUT2D eigenvalue weighted by molar-refractivity contribution is -0.113. The molecule has 1 amide bonds. The summed E-state index contributed by atoms with van der Waals surface area (Å²) >= 11 is 1.34. The van der Waals surface area contributed by atoms with Gasteiger partial charge < -0.3 is 9.64 Å². The first-order valence-electron chi connectivity index (χ1n) is 6.33. The third-order valence-electron chi connectivity index (χ3n) is 3.04. The van der Waals surface area contributed by atoms with Gasteiger partial charge in [-0.3, -0.25) is 4.79 Å². The van der Waals surface area contributed by atoms with Crippen molar-refractivity contribution in [2.45, 2.75) is 0 Å². The number of carbonyl (C=O) groups is 1. The molecule has 0 atom stereocenters. The minimum atomic E-state index is -0.316. The molecule has 104 valence electrons. The van der Waals surface area contributed by atoms with Crippen molar-refractivity contribution in [2.24, 2.45) is 4.99 Å². The highest BCUT2D eigenvalue weighted by molar-refractivity contribution is 8.18. The van der Waals surface area contributed by atoms with Gasteiger partial charge in [-0.15, -0.1) is 0 Å². The smallest absolute Gasteiger partial charge is 0.286 e. The van der Waals surface area contributed by atoms with Crippen LogP contribution in [0.25, 0.3) is 6.08 Å². The van der Waals surface area contributed by atoms with Crippen molar-refractivity contribution in [1.29, 1.82) is 0 Å². The Hall–Kier alpha value is -1.66. The van der Waals surface area contributed by atoms with Crippen LogP contribution in [0.3, 0.4) is 0 Å². The van der Waals surface area contributed by atoms with Gasteiger partial charge in [0.05, 0.1) is 18.1 Å². The van der Waals surface area contributed by atoms with Crippen molar-refractivity contribution < 1.29 is 13.9 Å². The van der Waals surface area contributed by atoms with Gasteiger partial charge in [0.25, 0.3) is 5.91 Å². The van der Waals surface area contributed by atoms with Crippen LogP contribution < -0.4 is 0 Å². The molecular formula is C14H13FN2O2S. The Morgan fingerprint density at radius 3 is 2.90 bits per heavy atom. The average Bonchev–Trinajstić information content (AvgIpc) is 2.81. The van der Waals surface area contributed by atoms with Crippen molar-refractivity contribution in [3.05, 3.63) is 40.6 Å². The number of hydrogen-bond acceptors (Lipinski definition) is 4. The highest BCUT2D eigenvalue weighted by atomic mass is 32.2. The lowest BCUT2D eigenvalue weighted by Crippen LogP contribution is -2.38. The van der Waals surface area contributed by atoms with Crippen molar-refractivity contribution in [2.75, 3.05) is 26.3 Å². The van der Waals surface area contributed by atoms with E-state index in [1.54, 1.807) is 18.2 Å². The second-order valence-electron chi connectivity index (χ2n) is 4.46. The van der Waals surface area contributed by atoms with Gasteiger partial charge in [-0.25, -0.2) is 4.39 Å². The van der Waals surface area contributed by atoms with Gasteiger partial charge in [-0.05, 0) is 35.5 Å². The van der Waals surface area contributed by atoms with E-state index in [4.69, 9.17) is 4.74 Å². The number of amidine groups is 1. The number of ether oxygens (including phenoxy) is 1. The number of carbonyl (C=O) groups excluding carboxylic acids is 1. The summed E-state index contributed by atoms with van der Waals surface area (Å²) in [5.41, 5.74) is 0.666. The van der Waals surface area contributed by atoms with Crippen LogP contribution in [-0.4, -0.2) is 42.3 Å². The first kappa shape index (κ1) is 13.3. The highest BCUT2D eigenvalue weighted by Crippen LogP contribution is 2.30. The maximum absolute atomic E-state index is 13.1. The number of hydrogen-bond donors (Lipinski definition) is 0. The predicted octanol–water partition coefficient (Wildman–Crippen LogP) is 2.13. The Morgan fingerprint density at radius 1 is 1.35 bits per heavy atom. The van der Waals surface area contributed by atoms with E-state index in [9.17, 15) is 9.18 Å². The zero-order chi connectivity index (χ0) is 13.9. The van der Waals surface area contributed by atoms with Gasteiger partial charge in [0, 0.05) is 13.1 Å². The minimum Gasteiger partial charge on any atom is -0.378 e. The summed E-state index contributed by atoms with van der Waals surface area (Å²) in [7, 11) is 0. The molecule has 0 unspecified atom stereocenters. The molecule has 1 aromatic rings. The third-order valence-corrected chi connectivity index (χ3v) is 4.08. The minimum absolute atomic E-state index is 0.263. The van der Waals surface area contributed by atoms with Crippen molar-refractivity contribution in [3.63, 3.8) is 0 Å². The molecule has 1 saturated heterocycles. The number of morpholine rings is 1. The Bertz CT molecular complexity index is 595. The Kier molecular flexibility index (Phi) is 3.84. The molecule has 20 heavy (non-hydrogen) atoms. The molecule has 1 fully saturated rings. The van der Waals surface area contributed by atoms with Crippen LogP contribution in [0.1, 0.15) is 5.56 Å². The first-order valence-corrected chi connectivity index (χ1v) is 7.15. The maximum atomic E-state index is 13.1. The van der Waals surface area contributed by atoms with E-state index in [2.05, 4.69) is 4.99 Å². The van der Waals surface area contributed by atoms with Crippen LogP contribution in [0.5, 0.6) is 0 Å². The van der Waals surface area contributed by atoms with Gasteiger partial charge in [0.2, 0.25) is 0 Å². The van der Waals surface area contributed by atoms with Crippen LogP contribution in [0, 0.1) is 5.82 Å². The third kappa shape index (κ3) is 2.91. The maximum Gasteiger partial charge on any atom is 0.286 e. The fourth-order valence-electron chi connectivity index (χ4n) is 2.04. The molecule has 3 rings (SSSR count). The summed E-state index contributed by atoms with van der Waals surface area (Å²) in [6.45, 7) is 2.78. The van der Waals surface area contributed by atoms with Crippen LogP contribution in [0.15, 0.2) is 34.2 Å². The number of nitrogens with zero attached hydrogens (tertiary/aromatic N) is 2. The molecule has 2 heterocycles. The summed E-state index contributed by atoms with van der Waals surface area (Å²) in [6, 6.07) is 6.15. The predicted molar refractivity (Wildman–Crippen MR) is 76.8 cm³/mol. The molecule has 0 aliphatic carbocycles. The van der Waals surface area contributed by atoms with E-state index in [1.807, 2.05) is 4.90 Å². The van der Waals surface area contributed by atoms with E-state index >= 15 is 0 Å². The van der Waals surface area contributed by atoms with Crippen LogP contribution in [-0.2, 0) is 9.53 Å². The molecule has 0 radical (unpaired) electrons. The monoisotopic (exact) mass is 292 g/mol. The Morgan fingerprint density at radius 2 is 2.15 bits per heavy atom. The van der Waals surface area contributed by atoms with Crippen molar-refractivity contribution >= 4 is 28.9 Å². The first-order chi connectivity index (χ1) is 9.72. The fraction of sp³-hybridized carbons (Fsp3) is 0.286. The van der Waals surface area contributed by atoms with E-state index in [1.165, 1.54) is 23.9 Å². The van der Waals surface area contributed by atoms with Gasteiger partial charge in [-0.1, -0.05) is 12.1 Å². The largest absolute Gasteiger partial charge is 0.378 e. The SMILES string of the molecule is O=C1N=C(N2CCOCC2)SC1=Cc1cccc(F)c1. The number of benzene rings is 1. The number of halogens is 1. The highest BCUT2D eigenvalue weighted by Gasteiger charge is 2.27. The number of rotatable bonds is 1. The quantitative estimate of drug-likeness (QED) is 0.744. The lowest BCUT2D eigenvalue weighted by atomic mass is 10.2. The molecule has 0 N–H and O–H groups in total. The molecule has 0 aromatic heterocycles. The van der Waals surface area contributed by atoms with E-state index in [0.29, 0.717) is 28.9 Å². The van der Waals surface area contributed by atoms with Gasteiger partial charge in [0.1, 0.15) is 5.82 Å². The average molecular weight is 292 g/mol. The van der Waals surface area contributed by atoms with Crippen LogP contribution in [0.2, 0.25) is 0 Å². The zero-order valence-corrected chi connectivity index (χ0v) is 11.5. The topological polar surface area (TPSA) is 41.9 Å². The second-order valence-corrected chi connectivity index (χ2v) is 5.47. The number of amides is 1. The number of thioether (sulfide) groups is 1. The summed E-state index contributed by atoms with van der Waals surface area (Å²) in [6.07, 6.45) is 1.67. The molecule has 0 spiro atoms. The molecule has 0 saturated carbocycles. The van der Waals surface area contributed by atoms with Crippen molar-refractivity contribution in [3.8, 4) is 0 Å². The Labute approximate surface area is 120 Å². The molecular weight excluding hydrogens is 279 g/mol. The van der Waals surface area contributed by atoms with E-state index in [0.717, 1.165) is 13.1 Å². The standard InChI is InChI=1S/C14H13FN2O2S/c15-11-3-1-2-10(8-11)9-12-13(18)16-14(20-12)17-4-6-19-7-5-17/h1-3,8-9H,4-7H2. The normalized spacial score (nSPS) is 21.4. The molecule has 1 aromatic carbocycles. The van der Waals surface area contributed by atoms with E-state index in [-0.39, 0.29) is 11.7 Å². The van der Waals surface area contributed by atoms with Crippen LogP contribution in [0.4, 0.5) is 4.39 Å².